The minimum atomic E-state index is 0.566. The summed E-state index contributed by atoms with van der Waals surface area (Å²) in [5, 5.41) is 4.31. The Labute approximate surface area is 101 Å². The Morgan fingerprint density at radius 3 is 2.88 bits per heavy atom. The number of aromatic nitrogens is 3. The molecule has 0 spiro atoms. The first-order valence-corrected chi connectivity index (χ1v) is 5.68. The van der Waals surface area contributed by atoms with Gasteiger partial charge in [0, 0.05) is 23.4 Å². The van der Waals surface area contributed by atoms with Crippen LogP contribution in [0.15, 0.2) is 29.0 Å². The third kappa shape index (κ3) is 2.04. The number of carbonyl (C=O) groups is 1. The number of hydrogen-bond acceptors (Lipinski definition) is 3. The first-order valence-electron chi connectivity index (χ1n) is 4.89. The number of aldehydes is 1. The van der Waals surface area contributed by atoms with Gasteiger partial charge in [-0.15, -0.1) is 0 Å². The zero-order valence-corrected chi connectivity index (χ0v) is 10.3. The Bertz CT molecular complexity index is 504. The van der Waals surface area contributed by atoms with E-state index in [4.69, 9.17) is 0 Å². The molecule has 2 aromatic rings. The van der Waals surface area contributed by atoms with Crippen molar-refractivity contribution in [3.63, 3.8) is 0 Å². The fraction of sp³-hybridized carbons (Fsp3) is 0.182. The predicted molar refractivity (Wildman–Crippen MR) is 64.2 cm³/mol. The molecule has 0 atom stereocenters. The maximum atomic E-state index is 10.9. The van der Waals surface area contributed by atoms with Crippen molar-refractivity contribution in [2.75, 3.05) is 0 Å². The average Bonchev–Trinajstić information content (AvgIpc) is 2.73. The van der Waals surface area contributed by atoms with E-state index in [1.54, 1.807) is 17.1 Å². The average molecular weight is 280 g/mol. The molecule has 0 aliphatic carbocycles. The number of nitrogens with zero attached hydrogens (tertiary/aromatic N) is 3. The van der Waals surface area contributed by atoms with E-state index in [2.05, 4.69) is 26.0 Å². The molecule has 2 heterocycles. The highest BCUT2D eigenvalue weighted by molar-refractivity contribution is 9.10. The van der Waals surface area contributed by atoms with E-state index in [0.29, 0.717) is 17.0 Å². The summed E-state index contributed by atoms with van der Waals surface area (Å²) in [7, 11) is 0. The summed E-state index contributed by atoms with van der Waals surface area (Å²) in [5.41, 5.74) is 1.90. The molecule has 0 aliphatic rings. The van der Waals surface area contributed by atoms with Crippen molar-refractivity contribution >= 4 is 22.2 Å². The minimum Gasteiger partial charge on any atom is -0.298 e. The summed E-state index contributed by atoms with van der Waals surface area (Å²) in [4.78, 5) is 15.1. The minimum absolute atomic E-state index is 0.566. The van der Waals surface area contributed by atoms with Gasteiger partial charge in [0.25, 0.3) is 0 Å². The first-order chi connectivity index (χ1) is 7.74. The van der Waals surface area contributed by atoms with Gasteiger partial charge in [0.2, 0.25) is 0 Å². The van der Waals surface area contributed by atoms with Crippen LogP contribution in [0.1, 0.15) is 17.3 Å². The van der Waals surface area contributed by atoms with Gasteiger partial charge in [-0.2, -0.15) is 5.10 Å². The van der Waals surface area contributed by atoms with Gasteiger partial charge in [0.15, 0.2) is 6.29 Å². The van der Waals surface area contributed by atoms with Gasteiger partial charge in [-0.3, -0.25) is 14.5 Å². The monoisotopic (exact) mass is 279 g/mol. The Morgan fingerprint density at radius 1 is 1.50 bits per heavy atom. The molecule has 0 saturated carbocycles. The maximum Gasteiger partial charge on any atom is 0.153 e. The predicted octanol–water partition coefficient (Wildman–Crippen LogP) is 2.54. The van der Waals surface area contributed by atoms with E-state index in [1.165, 1.54) is 0 Å². The SMILES string of the molecule is CCn1cc(C=O)c(-c2ccc(Br)cn2)n1. The lowest BCUT2D eigenvalue weighted by Gasteiger charge is -1.97. The number of halogens is 1. The molecule has 16 heavy (non-hydrogen) atoms. The second kappa shape index (κ2) is 4.57. The van der Waals surface area contributed by atoms with Crippen LogP contribution in [-0.4, -0.2) is 21.1 Å². The molecule has 82 valence electrons. The summed E-state index contributed by atoms with van der Waals surface area (Å²) in [5.74, 6) is 0. The number of pyridine rings is 1. The van der Waals surface area contributed by atoms with Gasteiger partial charge in [-0.1, -0.05) is 0 Å². The molecule has 0 aromatic carbocycles. The van der Waals surface area contributed by atoms with Crippen molar-refractivity contribution in [1.29, 1.82) is 0 Å². The summed E-state index contributed by atoms with van der Waals surface area (Å²) in [6.45, 7) is 2.71. The lowest BCUT2D eigenvalue weighted by Crippen LogP contribution is -1.94. The van der Waals surface area contributed by atoms with Crippen LogP contribution in [0.2, 0.25) is 0 Å². The van der Waals surface area contributed by atoms with Crippen molar-refractivity contribution in [2.24, 2.45) is 0 Å². The zero-order chi connectivity index (χ0) is 11.5. The van der Waals surface area contributed by atoms with Crippen molar-refractivity contribution in [3.05, 3.63) is 34.6 Å². The molecule has 2 aromatic heterocycles. The van der Waals surface area contributed by atoms with Crippen molar-refractivity contribution < 1.29 is 4.79 Å². The fourth-order valence-electron chi connectivity index (χ4n) is 1.40. The van der Waals surface area contributed by atoms with Crippen LogP contribution in [-0.2, 0) is 6.54 Å². The topological polar surface area (TPSA) is 47.8 Å². The lowest BCUT2D eigenvalue weighted by atomic mass is 10.2. The van der Waals surface area contributed by atoms with Crippen LogP contribution in [0, 0.1) is 0 Å². The summed E-state index contributed by atoms with van der Waals surface area (Å²) in [6, 6.07) is 3.71. The number of hydrogen-bond donors (Lipinski definition) is 0. The summed E-state index contributed by atoms with van der Waals surface area (Å²) >= 11 is 3.31. The van der Waals surface area contributed by atoms with Gasteiger partial charge in [-0.25, -0.2) is 0 Å². The van der Waals surface area contributed by atoms with Crippen LogP contribution in [0.5, 0.6) is 0 Å². The Morgan fingerprint density at radius 2 is 2.31 bits per heavy atom. The molecular formula is C11H10BrN3O. The maximum absolute atomic E-state index is 10.9. The van der Waals surface area contributed by atoms with Gasteiger partial charge in [0.1, 0.15) is 5.69 Å². The van der Waals surface area contributed by atoms with E-state index in [1.807, 2.05) is 19.1 Å². The Hall–Kier alpha value is -1.49. The van der Waals surface area contributed by atoms with Gasteiger partial charge < -0.3 is 0 Å². The molecular weight excluding hydrogens is 270 g/mol. The largest absolute Gasteiger partial charge is 0.298 e. The molecule has 2 rings (SSSR count). The Balaban J connectivity index is 2.49. The number of aryl methyl sites for hydroxylation is 1. The molecule has 0 bridgehead atoms. The highest BCUT2D eigenvalue weighted by Gasteiger charge is 2.10. The van der Waals surface area contributed by atoms with Crippen molar-refractivity contribution in [1.82, 2.24) is 14.8 Å². The van der Waals surface area contributed by atoms with Crippen LogP contribution in [0.3, 0.4) is 0 Å². The molecule has 0 radical (unpaired) electrons. The second-order valence-electron chi connectivity index (χ2n) is 3.27. The molecule has 4 nitrogen and oxygen atoms in total. The van der Waals surface area contributed by atoms with E-state index < -0.39 is 0 Å². The van der Waals surface area contributed by atoms with Gasteiger partial charge >= 0.3 is 0 Å². The first kappa shape index (κ1) is 11.0. The van der Waals surface area contributed by atoms with Crippen LogP contribution in [0.25, 0.3) is 11.4 Å². The standard InChI is InChI=1S/C11H10BrN3O/c1-2-15-6-8(7-16)11(14-15)10-4-3-9(12)5-13-10/h3-7H,2H2,1H3. The van der Waals surface area contributed by atoms with E-state index in [-0.39, 0.29) is 0 Å². The van der Waals surface area contributed by atoms with E-state index in [0.717, 1.165) is 17.3 Å². The van der Waals surface area contributed by atoms with E-state index in [9.17, 15) is 4.79 Å². The quantitative estimate of drug-likeness (QED) is 0.812. The van der Waals surface area contributed by atoms with Crippen LogP contribution < -0.4 is 0 Å². The lowest BCUT2D eigenvalue weighted by molar-refractivity contribution is 0.112. The van der Waals surface area contributed by atoms with Crippen molar-refractivity contribution in [3.8, 4) is 11.4 Å². The molecule has 0 amide bonds. The van der Waals surface area contributed by atoms with Crippen LogP contribution >= 0.6 is 15.9 Å². The van der Waals surface area contributed by atoms with Crippen molar-refractivity contribution in [2.45, 2.75) is 13.5 Å². The summed E-state index contributed by atoms with van der Waals surface area (Å²) in [6.07, 6.45) is 4.22. The second-order valence-corrected chi connectivity index (χ2v) is 4.18. The third-order valence-corrected chi connectivity index (χ3v) is 2.68. The normalized spacial score (nSPS) is 10.4. The molecule has 0 saturated heterocycles. The molecule has 0 unspecified atom stereocenters. The van der Waals surface area contributed by atoms with Gasteiger partial charge in [0.05, 0.1) is 11.3 Å². The third-order valence-electron chi connectivity index (χ3n) is 2.21. The molecule has 0 aliphatic heterocycles. The van der Waals surface area contributed by atoms with Gasteiger partial charge in [-0.05, 0) is 35.0 Å². The molecule has 5 heteroatoms. The number of rotatable bonds is 3. The zero-order valence-electron chi connectivity index (χ0n) is 8.72. The fourth-order valence-corrected chi connectivity index (χ4v) is 1.63. The summed E-state index contributed by atoms with van der Waals surface area (Å²) < 4.78 is 2.63. The molecule has 0 fully saturated rings. The number of carbonyl (C=O) groups excluding carboxylic acids is 1. The van der Waals surface area contributed by atoms with E-state index >= 15 is 0 Å². The Kier molecular flexibility index (Phi) is 3.14. The highest BCUT2D eigenvalue weighted by atomic mass is 79.9. The van der Waals surface area contributed by atoms with Crippen LogP contribution in [0.4, 0.5) is 0 Å². The molecule has 0 N–H and O–H groups in total. The smallest absolute Gasteiger partial charge is 0.153 e. The highest BCUT2D eigenvalue weighted by Crippen LogP contribution is 2.20.